The monoisotopic (exact) mass is 213 g/mol. The zero-order valence-electron chi connectivity index (χ0n) is 9.15. The van der Waals surface area contributed by atoms with E-state index >= 15 is 0 Å². The van der Waals surface area contributed by atoms with Crippen molar-refractivity contribution in [3.8, 4) is 0 Å². The average molecular weight is 213 g/mol. The van der Waals surface area contributed by atoms with Gasteiger partial charge in [0.15, 0.2) is 5.78 Å². The number of nitrogens with two attached hydrogens (primary N) is 1. The van der Waals surface area contributed by atoms with Crippen molar-refractivity contribution in [1.82, 2.24) is 0 Å². The van der Waals surface area contributed by atoms with Crippen LogP contribution in [0, 0.1) is 0 Å². The normalized spacial score (nSPS) is 16.0. The number of hydrogen-bond donors (Lipinski definition) is 1. The Balaban J connectivity index is 2.23. The van der Waals surface area contributed by atoms with Crippen LogP contribution >= 0.6 is 0 Å². The Hall–Kier alpha value is -1.83. The summed E-state index contributed by atoms with van der Waals surface area (Å²) in [5.41, 5.74) is 8.20. The Labute approximate surface area is 95.5 Å². The molecule has 0 spiro atoms. The van der Waals surface area contributed by atoms with Crippen molar-refractivity contribution in [2.24, 2.45) is 5.73 Å². The van der Waals surface area contributed by atoms with Crippen molar-refractivity contribution in [3.63, 3.8) is 0 Å². The zero-order valence-corrected chi connectivity index (χ0v) is 9.15. The number of Topliss-reactive ketones (excluding diaryl/α,β-unsaturated/α-hetero) is 1. The van der Waals surface area contributed by atoms with E-state index < -0.39 is 0 Å². The molecule has 0 heterocycles. The molecule has 0 amide bonds. The second kappa shape index (κ2) is 4.79. The van der Waals surface area contributed by atoms with E-state index in [-0.39, 0.29) is 5.78 Å². The molecule has 2 rings (SSSR count). The van der Waals surface area contributed by atoms with Crippen LogP contribution < -0.4 is 5.73 Å². The van der Waals surface area contributed by atoms with Crippen LogP contribution in [0.5, 0.6) is 0 Å². The predicted molar refractivity (Wildman–Crippen MR) is 65.0 cm³/mol. The third-order valence-corrected chi connectivity index (χ3v) is 2.74. The summed E-state index contributed by atoms with van der Waals surface area (Å²) in [6.07, 6.45) is 6.35. The molecule has 1 aromatic rings. The lowest BCUT2D eigenvalue weighted by molar-refractivity contribution is 0.103. The Bertz CT molecular complexity index is 443. The van der Waals surface area contributed by atoms with Gasteiger partial charge in [0.1, 0.15) is 0 Å². The van der Waals surface area contributed by atoms with Crippen LogP contribution in [0.1, 0.15) is 29.6 Å². The maximum atomic E-state index is 12.1. The Morgan fingerprint density at radius 3 is 2.56 bits per heavy atom. The van der Waals surface area contributed by atoms with Crippen LogP contribution in [-0.4, -0.2) is 5.78 Å². The summed E-state index contributed by atoms with van der Waals surface area (Å²) in [7, 11) is 0. The van der Waals surface area contributed by atoms with Crippen LogP contribution in [0.2, 0.25) is 0 Å². The Morgan fingerprint density at radius 2 is 1.81 bits per heavy atom. The van der Waals surface area contributed by atoms with Gasteiger partial charge in [-0.3, -0.25) is 4.79 Å². The summed E-state index contributed by atoms with van der Waals surface area (Å²) in [4.78, 5) is 12.1. The molecule has 1 aliphatic carbocycles. The minimum Gasteiger partial charge on any atom is -0.402 e. The summed E-state index contributed by atoms with van der Waals surface area (Å²) >= 11 is 0. The maximum absolute atomic E-state index is 12.1. The smallest absolute Gasteiger partial charge is 0.189 e. The van der Waals surface area contributed by atoms with Gasteiger partial charge in [0, 0.05) is 16.8 Å². The lowest BCUT2D eigenvalue weighted by Gasteiger charge is -2.03. The molecule has 0 unspecified atom stereocenters. The van der Waals surface area contributed by atoms with E-state index in [0.29, 0.717) is 0 Å². The molecule has 0 saturated carbocycles. The number of rotatable bonds is 2. The number of ketones is 1. The molecule has 0 fully saturated rings. The summed E-state index contributed by atoms with van der Waals surface area (Å²) in [5, 5.41) is 0. The van der Waals surface area contributed by atoms with Crippen LogP contribution in [0.15, 0.2) is 53.8 Å². The fraction of sp³-hybridized carbons (Fsp3) is 0.214. The van der Waals surface area contributed by atoms with Gasteiger partial charge >= 0.3 is 0 Å². The highest BCUT2D eigenvalue weighted by molar-refractivity contribution is 6.08. The molecule has 16 heavy (non-hydrogen) atoms. The van der Waals surface area contributed by atoms with Gasteiger partial charge in [-0.25, -0.2) is 0 Å². The third-order valence-electron chi connectivity index (χ3n) is 2.74. The van der Waals surface area contributed by atoms with Gasteiger partial charge in [-0.1, -0.05) is 36.4 Å². The molecule has 1 aromatic carbocycles. The van der Waals surface area contributed by atoms with E-state index in [1.165, 1.54) is 0 Å². The molecule has 2 N–H and O–H groups in total. The van der Waals surface area contributed by atoms with E-state index in [2.05, 4.69) is 0 Å². The lowest BCUT2D eigenvalue weighted by Crippen LogP contribution is -2.02. The minimum atomic E-state index is 0.117. The molecule has 0 bridgehead atoms. The fourth-order valence-electron chi connectivity index (χ4n) is 1.82. The van der Waals surface area contributed by atoms with E-state index in [1.807, 2.05) is 42.5 Å². The van der Waals surface area contributed by atoms with Crippen LogP contribution in [0.4, 0.5) is 0 Å². The molecule has 82 valence electrons. The first kappa shape index (κ1) is 10.7. The summed E-state index contributed by atoms with van der Waals surface area (Å²) in [5.74, 6) is 0.117. The van der Waals surface area contributed by atoms with Gasteiger partial charge in [-0.2, -0.15) is 0 Å². The minimum absolute atomic E-state index is 0.117. The van der Waals surface area contributed by atoms with E-state index in [9.17, 15) is 4.79 Å². The van der Waals surface area contributed by atoms with Gasteiger partial charge in [-0.05, 0) is 25.3 Å². The SMILES string of the molecule is NC1=CC=C(C(=O)c2ccccc2)CCC1. The third kappa shape index (κ3) is 2.40. The molecule has 0 radical (unpaired) electrons. The summed E-state index contributed by atoms with van der Waals surface area (Å²) in [6.45, 7) is 0. The number of carbonyl (C=O) groups excluding carboxylic acids is 1. The Kier molecular flexibility index (Phi) is 3.20. The fourth-order valence-corrected chi connectivity index (χ4v) is 1.82. The van der Waals surface area contributed by atoms with Crippen molar-refractivity contribution in [3.05, 3.63) is 59.3 Å². The summed E-state index contributed by atoms with van der Waals surface area (Å²) in [6, 6.07) is 9.38. The van der Waals surface area contributed by atoms with Crippen LogP contribution in [0.3, 0.4) is 0 Å². The average Bonchev–Trinajstić information content (AvgIpc) is 2.54. The molecule has 0 saturated heterocycles. The van der Waals surface area contributed by atoms with Crippen molar-refractivity contribution in [2.45, 2.75) is 19.3 Å². The van der Waals surface area contributed by atoms with Crippen molar-refractivity contribution in [2.75, 3.05) is 0 Å². The molecule has 0 aromatic heterocycles. The van der Waals surface area contributed by atoms with Crippen molar-refractivity contribution >= 4 is 5.78 Å². The lowest BCUT2D eigenvalue weighted by atomic mass is 10.00. The van der Waals surface area contributed by atoms with Crippen molar-refractivity contribution in [1.29, 1.82) is 0 Å². The van der Waals surface area contributed by atoms with Gasteiger partial charge in [0.2, 0.25) is 0 Å². The largest absolute Gasteiger partial charge is 0.402 e. The highest BCUT2D eigenvalue weighted by Crippen LogP contribution is 2.19. The van der Waals surface area contributed by atoms with E-state index in [1.54, 1.807) is 0 Å². The van der Waals surface area contributed by atoms with Crippen LogP contribution in [0.25, 0.3) is 0 Å². The molecule has 0 atom stereocenters. The topological polar surface area (TPSA) is 43.1 Å². The molecule has 2 heteroatoms. The van der Waals surface area contributed by atoms with E-state index in [4.69, 9.17) is 5.73 Å². The van der Waals surface area contributed by atoms with Gasteiger partial charge < -0.3 is 5.73 Å². The second-order valence-electron chi connectivity index (χ2n) is 3.98. The molecule has 0 aliphatic heterocycles. The number of benzene rings is 1. The van der Waals surface area contributed by atoms with Crippen molar-refractivity contribution < 1.29 is 4.79 Å². The summed E-state index contributed by atoms with van der Waals surface area (Å²) < 4.78 is 0. The zero-order chi connectivity index (χ0) is 11.4. The van der Waals surface area contributed by atoms with Gasteiger partial charge in [-0.15, -0.1) is 0 Å². The number of hydrogen-bond acceptors (Lipinski definition) is 2. The Morgan fingerprint density at radius 1 is 1.06 bits per heavy atom. The standard InChI is InChI=1S/C14H15NO/c15-13-8-4-7-12(9-10-13)14(16)11-5-2-1-3-6-11/h1-3,5-6,9-10H,4,7-8,15H2. The van der Waals surface area contributed by atoms with Gasteiger partial charge in [0.25, 0.3) is 0 Å². The maximum Gasteiger partial charge on any atom is 0.189 e. The first-order valence-electron chi connectivity index (χ1n) is 5.52. The highest BCUT2D eigenvalue weighted by atomic mass is 16.1. The number of allylic oxidation sites excluding steroid dienone is 4. The molecular weight excluding hydrogens is 198 g/mol. The number of carbonyl (C=O) groups is 1. The first-order valence-corrected chi connectivity index (χ1v) is 5.52. The first-order chi connectivity index (χ1) is 7.77. The molecule has 1 aliphatic rings. The molecule has 2 nitrogen and oxygen atoms in total. The van der Waals surface area contributed by atoms with Crippen LogP contribution in [-0.2, 0) is 0 Å². The highest BCUT2D eigenvalue weighted by Gasteiger charge is 2.12. The second-order valence-corrected chi connectivity index (χ2v) is 3.98. The predicted octanol–water partition coefficient (Wildman–Crippen LogP) is 2.82. The quantitative estimate of drug-likeness (QED) is 0.768. The van der Waals surface area contributed by atoms with E-state index in [0.717, 1.165) is 36.1 Å². The van der Waals surface area contributed by atoms with Gasteiger partial charge in [0.05, 0.1) is 0 Å². The molecular formula is C14H15NO.